The van der Waals surface area contributed by atoms with Crippen molar-refractivity contribution in [2.75, 3.05) is 5.32 Å². The van der Waals surface area contributed by atoms with E-state index in [1.807, 2.05) is 38.1 Å². The van der Waals surface area contributed by atoms with Gasteiger partial charge in [0.25, 0.3) is 5.56 Å². The van der Waals surface area contributed by atoms with Crippen LogP contribution in [0.1, 0.15) is 19.5 Å². The summed E-state index contributed by atoms with van der Waals surface area (Å²) >= 11 is 0. The molecule has 2 N–H and O–H groups in total. The highest BCUT2D eigenvalue weighted by Gasteiger charge is 2.07. The third-order valence-electron chi connectivity index (χ3n) is 2.36. The molecule has 19 heavy (non-hydrogen) atoms. The maximum atomic E-state index is 11.5. The number of rotatable bonds is 4. The number of para-hydroxylation sites is 2. The number of H-pyrrole nitrogens is 1. The Hall–Kier alpha value is -2.37. The highest BCUT2D eigenvalue weighted by atomic mass is 16.5. The van der Waals surface area contributed by atoms with Gasteiger partial charge in [-0.15, -0.1) is 10.2 Å². The monoisotopic (exact) mass is 260 g/mol. The number of ether oxygens (including phenoxy) is 1. The Balaban J connectivity index is 2.27. The zero-order valence-corrected chi connectivity index (χ0v) is 11.1. The number of hydrogen-bond acceptors (Lipinski definition) is 5. The molecule has 0 bridgehead atoms. The fourth-order valence-corrected chi connectivity index (χ4v) is 1.50. The first kappa shape index (κ1) is 13.1. The first-order valence-corrected chi connectivity index (χ1v) is 6.02. The van der Waals surface area contributed by atoms with Crippen molar-refractivity contribution in [2.45, 2.75) is 26.9 Å². The summed E-state index contributed by atoms with van der Waals surface area (Å²) in [4.78, 5) is 14.1. The Kier molecular flexibility index (Phi) is 3.79. The van der Waals surface area contributed by atoms with Crippen LogP contribution in [0.2, 0.25) is 0 Å². The summed E-state index contributed by atoms with van der Waals surface area (Å²) < 4.78 is 5.67. The van der Waals surface area contributed by atoms with Gasteiger partial charge in [-0.3, -0.25) is 9.78 Å². The van der Waals surface area contributed by atoms with E-state index in [1.54, 1.807) is 6.92 Å². The van der Waals surface area contributed by atoms with E-state index in [2.05, 4.69) is 20.5 Å². The molecular weight excluding hydrogens is 244 g/mol. The summed E-state index contributed by atoms with van der Waals surface area (Å²) in [5, 5.41) is 10.6. The van der Waals surface area contributed by atoms with Crippen LogP contribution in [0, 0.1) is 6.92 Å². The molecule has 2 rings (SSSR count). The number of nitrogens with one attached hydrogen (secondary N) is 2. The fraction of sp³-hybridized carbons (Fsp3) is 0.308. The zero-order chi connectivity index (χ0) is 13.8. The second kappa shape index (κ2) is 5.51. The number of anilines is 2. The minimum absolute atomic E-state index is 0.0612. The maximum Gasteiger partial charge on any atom is 0.273 e. The Bertz CT molecular complexity index is 622. The lowest BCUT2D eigenvalue weighted by atomic mass is 10.3. The summed E-state index contributed by atoms with van der Waals surface area (Å²) in [5.41, 5.74) is 0.794. The van der Waals surface area contributed by atoms with Gasteiger partial charge in [0, 0.05) is 0 Å². The van der Waals surface area contributed by atoms with E-state index in [1.165, 1.54) is 0 Å². The van der Waals surface area contributed by atoms with Gasteiger partial charge in [-0.05, 0) is 32.9 Å². The minimum atomic E-state index is -0.264. The van der Waals surface area contributed by atoms with Gasteiger partial charge in [-0.2, -0.15) is 0 Å². The first-order chi connectivity index (χ1) is 9.06. The average molecular weight is 260 g/mol. The van der Waals surface area contributed by atoms with Crippen molar-refractivity contribution in [1.82, 2.24) is 15.2 Å². The Morgan fingerprint density at radius 3 is 2.68 bits per heavy atom. The van der Waals surface area contributed by atoms with Crippen molar-refractivity contribution >= 4 is 11.6 Å². The molecule has 0 aliphatic rings. The quantitative estimate of drug-likeness (QED) is 0.879. The molecule has 0 unspecified atom stereocenters. The van der Waals surface area contributed by atoms with Crippen LogP contribution in [0.3, 0.4) is 0 Å². The Morgan fingerprint density at radius 2 is 2.00 bits per heavy atom. The van der Waals surface area contributed by atoms with Gasteiger partial charge in [-0.1, -0.05) is 12.1 Å². The van der Waals surface area contributed by atoms with Gasteiger partial charge in [-0.25, -0.2) is 0 Å². The number of aromatic amines is 1. The SMILES string of the molecule is Cc1nnc(Nc2ccccc2OC(C)C)[nH]c1=O. The lowest BCUT2D eigenvalue weighted by Crippen LogP contribution is -2.16. The smallest absolute Gasteiger partial charge is 0.273 e. The Labute approximate surface area is 110 Å². The van der Waals surface area contributed by atoms with E-state index < -0.39 is 0 Å². The van der Waals surface area contributed by atoms with Crippen molar-refractivity contribution < 1.29 is 4.74 Å². The van der Waals surface area contributed by atoms with Gasteiger partial charge in [0.2, 0.25) is 5.95 Å². The molecule has 6 nitrogen and oxygen atoms in total. The van der Waals surface area contributed by atoms with E-state index in [0.717, 1.165) is 5.69 Å². The van der Waals surface area contributed by atoms with Crippen molar-refractivity contribution in [1.29, 1.82) is 0 Å². The zero-order valence-electron chi connectivity index (χ0n) is 11.1. The average Bonchev–Trinajstić information content (AvgIpc) is 2.36. The molecule has 0 saturated heterocycles. The molecule has 0 spiro atoms. The number of benzene rings is 1. The van der Waals surface area contributed by atoms with E-state index in [-0.39, 0.29) is 17.6 Å². The molecule has 1 aromatic carbocycles. The number of aryl methyl sites for hydroxylation is 1. The number of nitrogens with zero attached hydrogens (tertiary/aromatic N) is 2. The highest BCUT2D eigenvalue weighted by Crippen LogP contribution is 2.26. The third kappa shape index (κ3) is 3.31. The standard InChI is InChI=1S/C13H16N4O2/c1-8(2)19-11-7-5-4-6-10(11)14-13-15-12(18)9(3)16-17-13/h4-8H,1-3H3,(H2,14,15,17,18). The molecule has 0 amide bonds. The molecule has 100 valence electrons. The fourth-order valence-electron chi connectivity index (χ4n) is 1.50. The summed E-state index contributed by atoms with van der Waals surface area (Å²) in [5.74, 6) is 0.983. The van der Waals surface area contributed by atoms with Crippen molar-refractivity contribution in [2.24, 2.45) is 0 Å². The van der Waals surface area contributed by atoms with Gasteiger partial charge in [0.1, 0.15) is 11.4 Å². The molecule has 0 aliphatic carbocycles. The van der Waals surface area contributed by atoms with Gasteiger partial charge < -0.3 is 10.1 Å². The largest absolute Gasteiger partial charge is 0.489 e. The van der Waals surface area contributed by atoms with E-state index in [0.29, 0.717) is 11.4 Å². The van der Waals surface area contributed by atoms with Crippen LogP contribution >= 0.6 is 0 Å². The van der Waals surface area contributed by atoms with E-state index >= 15 is 0 Å². The minimum Gasteiger partial charge on any atom is -0.489 e. The van der Waals surface area contributed by atoms with Crippen LogP contribution < -0.4 is 15.6 Å². The number of aromatic nitrogens is 3. The lowest BCUT2D eigenvalue weighted by molar-refractivity contribution is 0.244. The van der Waals surface area contributed by atoms with Gasteiger partial charge >= 0.3 is 0 Å². The summed E-state index contributed by atoms with van der Waals surface area (Å²) in [7, 11) is 0. The van der Waals surface area contributed by atoms with Gasteiger partial charge in [0.15, 0.2) is 0 Å². The van der Waals surface area contributed by atoms with Crippen LogP contribution in [-0.2, 0) is 0 Å². The van der Waals surface area contributed by atoms with Crippen molar-refractivity contribution in [3.05, 3.63) is 40.3 Å². The molecule has 0 aliphatic heterocycles. The summed E-state index contributed by atoms with van der Waals surface area (Å²) in [6.07, 6.45) is 0.0612. The Morgan fingerprint density at radius 1 is 1.26 bits per heavy atom. The normalized spacial score (nSPS) is 10.5. The van der Waals surface area contributed by atoms with Crippen LogP contribution in [-0.4, -0.2) is 21.3 Å². The van der Waals surface area contributed by atoms with Crippen LogP contribution in [0.4, 0.5) is 11.6 Å². The van der Waals surface area contributed by atoms with E-state index in [9.17, 15) is 4.79 Å². The third-order valence-corrected chi connectivity index (χ3v) is 2.36. The highest BCUT2D eigenvalue weighted by molar-refractivity contribution is 5.62. The predicted octanol–water partition coefficient (Wildman–Crippen LogP) is 2.00. The molecule has 1 aromatic heterocycles. The number of hydrogen-bond donors (Lipinski definition) is 2. The van der Waals surface area contributed by atoms with Crippen LogP contribution in [0.5, 0.6) is 5.75 Å². The molecule has 0 saturated carbocycles. The predicted molar refractivity (Wildman–Crippen MR) is 72.9 cm³/mol. The second-order valence-electron chi connectivity index (χ2n) is 4.38. The molecular formula is C13H16N4O2. The molecule has 6 heteroatoms. The summed E-state index contributed by atoms with van der Waals surface area (Å²) in [6, 6.07) is 7.45. The molecule has 1 heterocycles. The molecule has 0 atom stereocenters. The molecule has 2 aromatic rings. The molecule has 0 radical (unpaired) electrons. The second-order valence-corrected chi connectivity index (χ2v) is 4.38. The maximum absolute atomic E-state index is 11.5. The van der Waals surface area contributed by atoms with Crippen LogP contribution in [0.15, 0.2) is 29.1 Å². The molecule has 0 fully saturated rings. The summed E-state index contributed by atoms with van der Waals surface area (Å²) in [6.45, 7) is 5.50. The van der Waals surface area contributed by atoms with E-state index in [4.69, 9.17) is 4.74 Å². The lowest BCUT2D eigenvalue weighted by Gasteiger charge is -2.14. The first-order valence-electron chi connectivity index (χ1n) is 6.02. The van der Waals surface area contributed by atoms with Gasteiger partial charge in [0.05, 0.1) is 11.8 Å². The van der Waals surface area contributed by atoms with Crippen molar-refractivity contribution in [3.8, 4) is 5.75 Å². The van der Waals surface area contributed by atoms with Crippen molar-refractivity contribution in [3.63, 3.8) is 0 Å². The van der Waals surface area contributed by atoms with Crippen LogP contribution in [0.25, 0.3) is 0 Å². The topological polar surface area (TPSA) is 79.9 Å².